The number of hydrogen-bond donors (Lipinski definition) is 1. The van der Waals surface area contributed by atoms with E-state index < -0.39 is 0 Å². The lowest BCUT2D eigenvalue weighted by Gasteiger charge is -2.58. The van der Waals surface area contributed by atoms with E-state index in [2.05, 4.69) is 18.2 Å². The summed E-state index contributed by atoms with van der Waals surface area (Å²) in [4.78, 5) is 13.4. The van der Waals surface area contributed by atoms with Gasteiger partial charge in [-0.25, -0.2) is 0 Å². The van der Waals surface area contributed by atoms with Crippen LogP contribution in [0.2, 0.25) is 0 Å². The SMILES string of the molecule is CSC12c3ccccc3CCN1C(=O)C2N. The van der Waals surface area contributed by atoms with Gasteiger partial charge in [0.15, 0.2) is 0 Å². The van der Waals surface area contributed by atoms with Crippen molar-refractivity contribution in [3.05, 3.63) is 35.4 Å². The third kappa shape index (κ3) is 0.967. The summed E-state index contributed by atoms with van der Waals surface area (Å²) in [7, 11) is 0. The van der Waals surface area contributed by atoms with E-state index in [9.17, 15) is 4.79 Å². The van der Waals surface area contributed by atoms with Crippen LogP contribution in [-0.4, -0.2) is 29.6 Å². The van der Waals surface area contributed by atoms with Gasteiger partial charge in [0.25, 0.3) is 0 Å². The molecule has 0 aromatic heterocycles. The highest BCUT2D eigenvalue weighted by Crippen LogP contribution is 2.51. The molecule has 0 radical (unpaired) electrons. The predicted octanol–water partition coefficient (Wildman–Crippen LogP) is 0.928. The van der Waals surface area contributed by atoms with Crippen LogP contribution >= 0.6 is 11.8 Å². The lowest BCUT2D eigenvalue weighted by molar-refractivity contribution is -0.153. The number of hydrogen-bond acceptors (Lipinski definition) is 3. The Labute approximate surface area is 99.0 Å². The van der Waals surface area contributed by atoms with Crippen molar-refractivity contribution in [2.24, 2.45) is 5.73 Å². The molecule has 2 N–H and O–H groups in total. The second-order valence-electron chi connectivity index (χ2n) is 4.28. The number of nitrogens with two attached hydrogens (primary N) is 1. The van der Waals surface area contributed by atoms with E-state index in [0.717, 1.165) is 13.0 Å². The molecule has 16 heavy (non-hydrogen) atoms. The number of carbonyl (C=O) groups is 1. The molecule has 1 aromatic carbocycles. The highest BCUT2D eigenvalue weighted by Gasteiger charge is 2.61. The highest BCUT2D eigenvalue weighted by atomic mass is 32.2. The van der Waals surface area contributed by atoms with Crippen molar-refractivity contribution in [1.82, 2.24) is 4.90 Å². The molecule has 3 nitrogen and oxygen atoms in total. The number of amides is 1. The van der Waals surface area contributed by atoms with Gasteiger partial charge in [0.2, 0.25) is 5.91 Å². The maximum absolute atomic E-state index is 11.8. The van der Waals surface area contributed by atoms with Crippen LogP contribution in [-0.2, 0) is 16.1 Å². The molecule has 1 amide bonds. The lowest BCUT2D eigenvalue weighted by Crippen LogP contribution is -2.75. The first kappa shape index (κ1) is 10.2. The molecule has 3 rings (SSSR count). The fourth-order valence-corrected chi connectivity index (χ4v) is 4.03. The summed E-state index contributed by atoms with van der Waals surface area (Å²) in [6.45, 7) is 0.796. The normalized spacial score (nSPS) is 31.8. The minimum Gasteiger partial charge on any atom is -0.320 e. The van der Waals surface area contributed by atoms with Gasteiger partial charge in [-0.05, 0) is 23.8 Å². The molecule has 1 fully saturated rings. The van der Waals surface area contributed by atoms with Gasteiger partial charge in [-0.3, -0.25) is 4.79 Å². The summed E-state index contributed by atoms with van der Waals surface area (Å²) in [5.41, 5.74) is 8.58. The summed E-state index contributed by atoms with van der Waals surface area (Å²) in [5, 5.41) is 0. The highest BCUT2D eigenvalue weighted by molar-refractivity contribution is 7.99. The fraction of sp³-hybridized carbons (Fsp3) is 0.417. The zero-order valence-corrected chi connectivity index (χ0v) is 9.96. The lowest BCUT2D eigenvalue weighted by atomic mass is 9.81. The standard InChI is InChI=1S/C12H14N2OS/c1-16-12-9-5-3-2-4-8(9)6-7-14(12)11(15)10(12)13/h2-5,10H,6-7,13H2,1H3. The molecule has 4 heteroatoms. The molecule has 2 aliphatic heterocycles. The van der Waals surface area contributed by atoms with Crippen molar-refractivity contribution >= 4 is 17.7 Å². The van der Waals surface area contributed by atoms with Crippen molar-refractivity contribution in [3.63, 3.8) is 0 Å². The number of rotatable bonds is 1. The molecule has 2 aliphatic rings. The first-order valence-corrected chi connectivity index (χ1v) is 6.65. The van der Waals surface area contributed by atoms with E-state index in [-0.39, 0.29) is 16.8 Å². The summed E-state index contributed by atoms with van der Waals surface area (Å²) in [6, 6.07) is 7.93. The summed E-state index contributed by atoms with van der Waals surface area (Å²) in [6.07, 6.45) is 2.97. The van der Waals surface area contributed by atoms with Crippen molar-refractivity contribution in [2.75, 3.05) is 12.8 Å². The van der Waals surface area contributed by atoms with Crippen LogP contribution in [0.25, 0.3) is 0 Å². The van der Waals surface area contributed by atoms with E-state index >= 15 is 0 Å². The van der Waals surface area contributed by atoms with E-state index in [1.807, 2.05) is 17.2 Å². The molecule has 2 heterocycles. The van der Waals surface area contributed by atoms with Gasteiger partial charge in [0.1, 0.15) is 10.9 Å². The molecule has 84 valence electrons. The largest absolute Gasteiger partial charge is 0.320 e. The van der Waals surface area contributed by atoms with Gasteiger partial charge in [0.05, 0.1) is 0 Å². The molecule has 0 aliphatic carbocycles. The van der Waals surface area contributed by atoms with Crippen LogP contribution in [0.5, 0.6) is 0 Å². The topological polar surface area (TPSA) is 46.3 Å². The van der Waals surface area contributed by atoms with Gasteiger partial charge >= 0.3 is 0 Å². The Kier molecular flexibility index (Phi) is 2.06. The van der Waals surface area contributed by atoms with Crippen LogP contribution in [0.4, 0.5) is 0 Å². The van der Waals surface area contributed by atoms with Crippen molar-refractivity contribution in [2.45, 2.75) is 17.3 Å². The Bertz CT molecular complexity index is 462. The summed E-state index contributed by atoms with van der Waals surface area (Å²) < 4.78 is 0. The zero-order valence-electron chi connectivity index (χ0n) is 9.14. The number of carbonyl (C=O) groups excluding carboxylic acids is 1. The number of fused-ring (bicyclic) bond motifs is 3. The van der Waals surface area contributed by atoms with Crippen LogP contribution < -0.4 is 5.73 Å². The van der Waals surface area contributed by atoms with Crippen LogP contribution in [0.15, 0.2) is 24.3 Å². The maximum atomic E-state index is 11.8. The number of benzene rings is 1. The second kappa shape index (κ2) is 3.25. The molecular formula is C12H14N2OS. The predicted molar refractivity (Wildman–Crippen MR) is 65.0 cm³/mol. The third-order valence-electron chi connectivity index (χ3n) is 3.67. The van der Waals surface area contributed by atoms with Crippen LogP contribution in [0, 0.1) is 0 Å². The molecule has 1 saturated heterocycles. The van der Waals surface area contributed by atoms with E-state index in [4.69, 9.17) is 5.73 Å². The van der Waals surface area contributed by atoms with Crippen LogP contribution in [0.1, 0.15) is 11.1 Å². The molecule has 0 bridgehead atoms. The minimum absolute atomic E-state index is 0.0869. The molecule has 0 spiro atoms. The maximum Gasteiger partial charge on any atom is 0.244 e. The summed E-state index contributed by atoms with van der Waals surface area (Å²) in [5.74, 6) is 0.0869. The fourth-order valence-electron chi connectivity index (χ4n) is 2.86. The van der Waals surface area contributed by atoms with E-state index in [0.29, 0.717) is 0 Å². The van der Waals surface area contributed by atoms with Crippen LogP contribution in [0.3, 0.4) is 0 Å². The zero-order chi connectivity index (χ0) is 11.3. The third-order valence-corrected chi connectivity index (χ3v) is 4.99. The Morgan fingerprint density at radius 1 is 1.50 bits per heavy atom. The number of nitrogens with zero attached hydrogens (tertiary/aromatic N) is 1. The van der Waals surface area contributed by atoms with Crippen molar-refractivity contribution in [1.29, 1.82) is 0 Å². The minimum atomic E-state index is -0.385. The second-order valence-corrected chi connectivity index (χ2v) is 5.31. The average Bonchev–Trinajstić information content (AvgIpc) is 2.35. The average molecular weight is 234 g/mol. The molecular weight excluding hydrogens is 220 g/mol. The molecule has 2 unspecified atom stereocenters. The Balaban J connectivity index is 2.17. The molecule has 1 aromatic rings. The van der Waals surface area contributed by atoms with Crippen molar-refractivity contribution in [3.8, 4) is 0 Å². The van der Waals surface area contributed by atoms with E-state index in [1.165, 1.54) is 11.1 Å². The Morgan fingerprint density at radius 2 is 2.25 bits per heavy atom. The van der Waals surface area contributed by atoms with E-state index in [1.54, 1.807) is 11.8 Å². The van der Waals surface area contributed by atoms with Gasteiger partial charge in [-0.15, -0.1) is 11.8 Å². The quantitative estimate of drug-likeness (QED) is 0.735. The van der Waals surface area contributed by atoms with Gasteiger partial charge in [-0.2, -0.15) is 0 Å². The smallest absolute Gasteiger partial charge is 0.244 e. The van der Waals surface area contributed by atoms with Gasteiger partial charge < -0.3 is 10.6 Å². The number of β-lactam (4-membered cyclic amide) rings is 1. The Morgan fingerprint density at radius 3 is 3.00 bits per heavy atom. The van der Waals surface area contributed by atoms with Gasteiger partial charge in [-0.1, -0.05) is 24.3 Å². The number of thioether (sulfide) groups is 1. The van der Waals surface area contributed by atoms with Gasteiger partial charge in [0, 0.05) is 6.54 Å². The summed E-state index contributed by atoms with van der Waals surface area (Å²) >= 11 is 1.68. The first-order valence-electron chi connectivity index (χ1n) is 5.42. The van der Waals surface area contributed by atoms with Crippen molar-refractivity contribution < 1.29 is 4.79 Å². The monoisotopic (exact) mass is 234 g/mol. The molecule has 0 saturated carbocycles. The first-order chi connectivity index (χ1) is 7.71. The molecule has 2 atom stereocenters. The Hall–Kier alpha value is -1.00.